The van der Waals surface area contributed by atoms with E-state index in [1.165, 1.54) is 0 Å². The van der Waals surface area contributed by atoms with Crippen LogP contribution in [0.5, 0.6) is 0 Å². The number of rotatable bonds is 5. The summed E-state index contributed by atoms with van der Waals surface area (Å²) in [5.41, 5.74) is 0.0970. The van der Waals surface area contributed by atoms with Crippen molar-refractivity contribution in [3.05, 3.63) is 35.9 Å². The Morgan fingerprint density at radius 1 is 1.17 bits per heavy atom. The fourth-order valence-corrected chi connectivity index (χ4v) is 4.16. The molecule has 3 aliphatic rings. The number of nitrogens with one attached hydrogen (secondary N) is 1. The lowest BCUT2D eigenvalue weighted by atomic mass is 9.56. The molecule has 1 aromatic carbocycles. The van der Waals surface area contributed by atoms with Gasteiger partial charge in [-0.3, -0.25) is 4.79 Å². The quantitative estimate of drug-likeness (QED) is 0.874. The smallest absolute Gasteiger partial charge is 0.407 e. The molecule has 1 atom stereocenters. The molecule has 1 amide bonds. The average Bonchev–Trinajstić information content (AvgIpc) is 2.60. The summed E-state index contributed by atoms with van der Waals surface area (Å²) in [7, 11) is 0. The highest BCUT2D eigenvalue weighted by Gasteiger charge is 2.52. The molecule has 23 heavy (non-hydrogen) atoms. The minimum absolute atomic E-state index is 0.164. The minimum atomic E-state index is -0.813. The van der Waals surface area contributed by atoms with Gasteiger partial charge in [0.1, 0.15) is 6.61 Å². The summed E-state index contributed by atoms with van der Waals surface area (Å²) in [6, 6.07) is 9.43. The van der Waals surface area contributed by atoms with E-state index in [1.54, 1.807) is 0 Å². The zero-order valence-electron chi connectivity index (χ0n) is 13.2. The SMILES string of the molecule is O=C(NCC1(C(=O)O)CC2CCC1CC2)OCc1ccccc1. The molecule has 0 spiro atoms. The van der Waals surface area contributed by atoms with E-state index in [0.717, 1.165) is 31.2 Å². The van der Waals surface area contributed by atoms with Crippen molar-refractivity contribution in [3.8, 4) is 0 Å². The number of fused-ring (bicyclic) bond motifs is 3. The van der Waals surface area contributed by atoms with E-state index in [2.05, 4.69) is 5.32 Å². The summed E-state index contributed by atoms with van der Waals surface area (Å²) in [5.74, 6) is -0.132. The first-order valence-corrected chi connectivity index (χ1v) is 8.28. The van der Waals surface area contributed by atoms with E-state index in [1.807, 2.05) is 30.3 Å². The van der Waals surface area contributed by atoms with Crippen molar-refractivity contribution in [1.82, 2.24) is 5.32 Å². The number of hydrogen-bond donors (Lipinski definition) is 2. The molecule has 124 valence electrons. The van der Waals surface area contributed by atoms with Crippen LogP contribution in [0, 0.1) is 17.3 Å². The molecule has 5 nitrogen and oxygen atoms in total. The largest absolute Gasteiger partial charge is 0.481 e. The summed E-state index contributed by atoms with van der Waals surface area (Å²) in [5, 5.41) is 12.4. The summed E-state index contributed by atoms with van der Waals surface area (Å²) in [4.78, 5) is 23.8. The van der Waals surface area contributed by atoms with Crippen molar-refractivity contribution in [2.75, 3.05) is 6.54 Å². The highest BCUT2D eigenvalue weighted by Crippen LogP contribution is 2.52. The number of alkyl carbamates (subject to hydrolysis) is 1. The van der Waals surface area contributed by atoms with Gasteiger partial charge in [-0.1, -0.05) is 43.2 Å². The maximum Gasteiger partial charge on any atom is 0.407 e. The number of ether oxygens (including phenoxy) is 1. The van der Waals surface area contributed by atoms with Crippen LogP contribution in [0.4, 0.5) is 4.79 Å². The zero-order chi connectivity index (χ0) is 16.3. The first-order chi connectivity index (χ1) is 11.1. The second-order valence-corrected chi connectivity index (χ2v) is 6.80. The Kier molecular flexibility index (Phi) is 4.55. The molecular weight excluding hydrogens is 294 g/mol. The van der Waals surface area contributed by atoms with Crippen LogP contribution in [-0.2, 0) is 16.1 Å². The molecule has 3 fully saturated rings. The maximum absolute atomic E-state index is 11.9. The van der Waals surface area contributed by atoms with Crippen LogP contribution in [-0.4, -0.2) is 23.7 Å². The van der Waals surface area contributed by atoms with Gasteiger partial charge in [0.2, 0.25) is 0 Å². The van der Waals surface area contributed by atoms with Crippen LogP contribution in [0.25, 0.3) is 0 Å². The van der Waals surface area contributed by atoms with Gasteiger partial charge in [0, 0.05) is 6.54 Å². The van der Waals surface area contributed by atoms with Gasteiger partial charge in [0.05, 0.1) is 5.41 Å². The number of hydrogen-bond acceptors (Lipinski definition) is 3. The number of carboxylic acids is 1. The van der Waals surface area contributed by atoms with Crippen molar-refractivity contribution < 1.29 is 19.4 Å². The molecule has 2 bridgehead atoms. The molecule has 1 unspecified atom stereocenters. The second kappa shape index (κ2) is 6.60. The van der Waals surface area contributed by atoms with Crippen molar-refractivity contribution in [1.29, 1.82) is 0 Å². The Balaban J connectivity index is 1.55. The maximum atomic E-state index is 11.9. The molecule has 2 N–H and O–H groups in total. The molecule has 4 rings (SSSR count). The highest BCUT2D eigenvalue weighted by molar-refractivity contribution is 5.77. The summed E-state index contributed by atoms with van der Waals surface area (Å²) >= 11 is 0. The Morgan fingerprint density at radius 3 is 2.43 bits per heavy atom. The van der Waals surface area contributed by atoms with E-state index in [-0.39, 0.29) is 19.1 Å². The number of carboxylic acid groups (broad SMARTS) is 1. The third kappa shape index (κ3) is 3.33. The Hall–Kier alpha value is -2.04. The van der Waals surface area contributed by atoms with E-state index in [4.69, 9.17) is 4.74 Å². The fourth-order valence-electron chi connectivity index (χ4n) is 4.16. The third-order valence-electron chi connectivity index (χ3n) is 5.47. The Morgan fingerprint density at radius 2 is 1.87 bits per heavy atom. The lowest BCUT2D eigenvalue weighted by Gasteiger charge is -2.49. The monoisotopic (exact) mass is 317 g/mol. The molecule has 0 aromatic heterocycles. The van der Waals surface area contributed by atoms with E-state index >= 15 is 0 Å². The van der Waals surface area contributed by atoms with Gasteiger partial charge in [-0.2, -0.15) is 0 Å². The fraction of sp³-hybridized carbons (Fsp3) is 0.556. The predicted octanol–water partition coefficient (Wildman–Crippen LogP) is 3.19. The molecule has 3 saturated carbocycles. The van der Waals surface area contributed by atoms with E-state index in [0.29, 0.717) is 12.3 Å². The van der Waals surface area contributed by atoms with E-state index in [9.17, 15) is 14.7 Å². The molecular formula is C18H23NO4. The predicted molar refractivity (Wildman–Crippen MR) is 84.8 cm³/mol. The molecule has 0 saturated heterocycles. The zero-order valence-corrected chi connectivity index (χ0v) is 13.2. The van der Waals surface area contributed by atoms with Gasteiger partial charge in [-0.25, -0.2) is 4.79 Å². The van der Waals surface area contributed by atoms with Gasteiger partial charge < -0.3 is 15.2 Å². The Bertz CT molecular complexity index is 566. The number of carbonyl (C=O) groups is 2. The van der Waals surface area contributed by atoms with Crippen molar-refractivity contribution in [2.24, 2.45) is 17.3 Å². The van der Waals surface area contributed by atoms with Crippen LogP contribution in [0.15, 0.2) is 30.3 Å². The topological polar surface area (TPSA) is 75.6 Å². The first kappa shape index (κ1) is 15.8. The normalized spacial score (nSPS) is 29.0. The third-order valence-corrected chi connectivity index (χ3v) is 5.47. The second-order valence-electron chi connectivity index (χ2n) is 6.80. The number of amides is 1. The van der Waals surface area contributed by atoms with Crippen molar-refractivity contribution in [2.45, 2.75) is 38.7 Å². The van der Waals surface area contributed by atoms with Gasteiger partial charge in [-0.15, -0.1) is 0 Å². The molecule has 1 aromatic rings. The number of benzene rings is 1. The molecule has 0 aliphatic heterocycles. The summed E-state index contributed by atoms with van der Waals surface area (Å²) in [6.45, 7) is 0.357. The lowest BCUT2D eigenvalue weighted by Crippen LogP contribution is -2.53. The average molecular weight is 317 g/mol. The van der Waals surface area contributed by atoms with Gasteiger partial charge in [0.25, 0.3) is 0 Å². The van der Waals surface area contributed by atoms with Crippen LogP contribution >= 0.6 is 0 Å². The van der Waals surface area contributed by atoms with Gasteiger partial charge in [0.15, 0.2) is 0 Å². The number of carbonyl (C=O) groups excluding carboxylic acids is 1. The molecule has 3 aliphatic carbocycles. The summed E-state index contributed by atoms with van der Waals surface area (Å²) < 4.78 is 5.18. The molecule has 0 heterocycles. The molecule has 5 heteroatoms. The summed E-state index contributed by atoms with van der Waals surface area (Å²) in [6.07, 6.45) is 4.29. The van der Waals surface area contributed by atoms with Crippen LogP contribution in [0.2, 0.25) is 0 Å². The van der Waals surface area contributed by atoms with Crippen molar-refractivity contribution in [3.63, 3.8) is 0 Å². The highest BCUT2D eigenvalue weighted by atomic mass is 16.5. The standard InChI is InChI=1S/C18H23NO4/c20-16(21)18(10-13-6-8-15(18)9-7-13)12-19-17(22)23-11-14-4-2-1-3-5-14/h1-5,13,15H,6-12H2,(H,19,22)(H,20,21). The van der Waals surface area contributed by atoms with Crippen LogP contribution in [0.3, 0.4) is 0 Å². The van der Waals surface area contributed by atoms with Gasteiger partial charge >= 0.3 is 12.1 Å². The van der Waals surface area contributed by atoms with Crippen LogP contribution in [0.1, 0.15) is 37.7 Å². The van der Waals surface area contributed by atoms with Crippen molar-refractivity contribution >= 4 is 12.1 Å². The lowest BCUT2D eigenvalue weighted by molar-refractivity contribution is -0.160. The van der Waals surface area contributed by atoms with Crippen LogP contribution < -0.4 is 5.32 Å². The van der Waals surface area contributed by atoms with Gasteiger partial charge in [-0.05, 0) is 36.7 Å². The first-order valence-electron chi connectivity index (χ1n) is 8.28. The minimum Gasteiger partial charge on any atom is -0.481 e. The molecule has 0 radical (unpaired) electrons. The Labute approximate surface area is 136 Å². The number of aliphatic carboxylic acids is 1. The van der Waals surface area contributed by atoms with E-state index < -0.39 is 17.5 Å².